The van der Waals surface area contributed by atoms with Crippen molar-refractivity contribution in [3.8, 4) is 0 Å². The van der Waals surface area contributed by atoms with E-state index in [1.807, 2.05) is 12.1 Å². The first-order valence-corrected chi connectivity index (χ1v) is 8.55. The van der Waals surface area contributed by atoms with Gasteiger partial charge in [-0.3, -0.25) is 4.79 Å². The van der Waals surface area contributed by atoms with E-state index in [4.69, 9.17) is 0 Å². The number of carbonyl (C=O) groups is 1. The minimum Gasteiger partial charge on any atom is -0.346 e. The first-order valence-electron chi connectivity index (χ1n) is 6.72. The van der Waals surface area contributed by atoms with E-state index in [1.165, 1.54) is 5.56 Å². The molecule has 2 N–H and O–H groups in total. The summed E-state index contributed by atoms with van der Waals surface area (Å²) in [6.45, 7) is 3.42. The fourth-order valence-corrected chi connectivity index (χ4v) is 4.98. The van der Waals surface area contributed by atoms with E-state index in [2.05, 4.69) is 10.6 Å². The summed E-state index contributed by atoms with van der Waals surface area (Å²) >= 11 is 0. The van der Waals surface area contributed by atoms with Crippen molar-refractivity contribution in [2.75, 3.05) is 11.5 Å². The van der Waals surface area contributed by atoms with Crippen LogP contribution in [0.3, 0.4) is 0 Å². The van der Waals surface area contributed by atoms with Crippen molar-refractivity contribution in [2.45, 2.75) is 32.0 Å². The highest BCUT2D eigenvalue weighted by Gasteiger charge is 2.39. The van der Waals surface area contributed by atoms with Gasteiger partial charge < -0.3 is 10.6 Å². The third kappa shape index (κ3) is 2.58. The molecule has 1 aromatic rings. The summed E-state index contributed by atoms with van der Waals surface area (Å²) in [4.78, 5) is 12.3. The zero-order chi connectivity index (χ0) is 14.4. The van der Waals surface area contributed by atoms with Crippen LogP contribution in [0.2, 0.25) is 0 Å². The second-order valence-corrected chi connectivity index (χ2v) is 8.13. The second-order valence-electron chi connectivity index (χ2n) is 5.94. The van der Waals surface area contributed by atoms with Crippen molar-refractivity contribution in [3.63, 3.8) is 0 Å². The predicted octanol–water partition coefficient (Wildman–Crippen LogP) is 0.597. The number of carbonyl (C=O) groups excluding carboxylic acids is 1. The highest BCUT2D eigenvalue weighted by atomic mass is 32.2. The molecule has 0 radical (unpaired) electrons. The molecule has 2 heterocycles. The molecule has 1 amide bonds. The minimum absolute atomic E-state index is 0.0260. The van der Waals surface area contributed by atoms with Gasteiger partial charge in [0.2, 0.25) is 0 Å². The van der Waals surface area contributed by atoms with Crippen molar-refractivity contribution in [3.05, 3.63) is 34.9 Å². The van der Waals surface area contributed by atoms with Crippen molar-refractivity contribution in [1.82, 2.24) is 10.6 Å². The maximum Gasteiger partial charge on any atom is 0.251 e. The summed E-state index contributed by atoms with van der Waals surface area (Å²) in [6.07, 6.45) is 0.480. The highest BCUT2D eigenvalue weighted by molar-refractivity contribution is 7.91. The number of benzene rings is 1. The van der Waals surface area contributed by atoms with Crippen LogP contribution in [0.4, 0.5) is 0 Å². The summed E-state index contributed by atoms with van der Waals surface area (Å²) in [6, 6.07) is 5.64. The molecule has 3 rings (SSSR count). The molecule has 1 unspecified atom stereocenters. The third-order valence-corrected chi connectivity index (χ3v) is 5.92. The van der Waals surface area contributed by atoms with Gasteiger partial charge in [0, 0.05) is 18.7 Å². The van der Waals surface area contributed by atoms with Crippen LogP contribution in [0.15, 0.2) is 18.2 Å². The maximum atomic E-state index is 12.3. The summed E-state index contributed by atoms with van der Waals surface area (Å²) in [5.41, 5.74) is 2.31. The molecule has 0 saturated carbocycles. The molecule has 1 atom stereocenters. The lowest BCUT2D eigenvalue weighted by Crippen LogP contribution is -2.46. The molecule has 0 aliphatic carbocycles. The molecule has 108 valence electrons. The van der Waals surface area contributed by atoms with Crippen molar-refractivity contribution in [1.29, 1.82) is 0 Å². The van der Waals surface area contributed by atoms with Gasteiger partial charge in [0.1, 0.15) is 0 Å². The maximum absolute atomic E-state index is 12.3. The molecule has 0 spiro atoms. The zero-order valence-electron chi connectivity index (χ0n) is 11.4. The van der Waals surface area contributed by atoms with E-state index in [0.717, 1.165) is 18.7 Å². The van der Waals surface area contributed by atoms with Crippen molar-refractivity contribution >= 4 is 15.7 Å². The molecular formula is C14H18N2O3S. The number of fused-ring (bicyclic) bond motifs is 1. The lowest BCUT2D eigenvalue weighted by Gasteiger charge is -2.24. The van der Waals surface area contributed by atoms with E-state index in [-0.39, 0.29) is 17.4 Å². The Balaban J connectivity index is 1.77. The third-order valence-electron chi connectivity index (χ3n) is 4.02. The minimum atomic E-state index is -3.02. The Morgan fingerprint density at radius 2 is 2.05 bits per heavy atom. The quantitative estimate of drug-likeness (QED) is 0.837. The molecule has 2 aliphatic heterocycles. The SMILES string of the molecule is CC1(NC(=O)c2ccc3c(c2)CNC3)CCS(=O)(=O)C1. The van der Waals surface area contributed by atoms with Crippen molar-refractivity contribution < 1.29 is 13.2 Å². The fraction of sp³-hybridized carbons (Fsp3) is 0.500. The van der Waals surface area contributed by atoms with Gasteiger partial charge in [-0.05, 0) is 36.6 Å². The average molecular weight is 294 g/mol. The molecule has 2 aliphatic rings. The fourth-order valence-electron chi connectivity index (χ4n) is 2.89. The lowest BCUT2D eigenvalue weighted by molar-refractivity contribution is 0.0915. The Hall–Kier alpha value is -1.40. The Morgan fingerprint density at radius 3 is 2.75 bits per heavy atom. The van der Waals surface area contributed by atoms with Crippen LogP contribution in [0, 0.1) is 0 Å². The molecule has 5 nitrogen and oxygen atoms in total. The van der Waals surface area contributed by atoms with E-state index in [0.29, 0.717) is 12.0 Å². The topological polar surface area (TPSA) is 75.3 Å². The van der Waals surface area contributed by atoms with Crippen LogP contribution in [-0.2, 0) is 22.9 Å². The Bertz CT molecular complexity index is 669. The zero-order valence-corrected chi connectivity index (χ0v) is 12.2. The Kier molecular flexibility index (Phi) is 3.10. The number of hydrogen-bond acceptors (Lipinski definition) is 4. The monoisotopic (exact) mass is 294 g/mol. The van der Waals surface area contributed by atoms with Gasteiger partial charge in [-0.15, -0.1) is 0 Å². The van der Waals surface area contributed by atoms with E-state index in [1.54, 1.807) is 13.0 Å². The Labute approximate surface area is 118 Å². The van der Waals surface area contributed by atoms with Crippen LogP contribution < -0.4 is 10.6 Å². The molecular weight excluding hydrogens is 276 g/mol. The summed E-state index contributed by atoms with van der Waals surface area (Å²) < 4.78 is 23.1. The standard InChI is InChI=1S/C14H18N2O3S/c1-14(4-5-20(18,19)9-14)16-13(17)10-2-3-11-7-15-8-12(11)6-10/h2-3,6,15H,4-5,7-9H2,1H3,(H,16,17). The molecule has 6 heteroatoms. The van der Waals surface area contributed by atoms with Gasteiger partial charge in [-0.25, -0.2) is 8.42 Å². The van der Waals surface area contributed by atoms with Crippen LogP contribution >= 0.6 is 0 Å². The van der Waals surface area contributed by atoms with E-state index in [9.17, 15) is 13.2 Å². The predicted molar refractivity (Wildman–Crippen MR) is 76.1 cm³/mol. The first-order chi connectivity index (χ1) is 9.37. The normalized spacial score (nSPS) is 27.2. The molecule has 0 bridgehead atoms. The number of nitrogens with one attached hydrogen (secondary N) is 2. The van der Waals surface area contributed by atoms with Gasteiger partial charge in [0.25, 0.3) is 5.91 Å². The van der Waals surface area contributed by atoms with Crippen LogP contribution in [0.25, 0.3) is 0 Å². The second kappa shape index (κ2) is 4.56. The highest BCUT2D eigenvalue weighted by Crippen LogP contribution is 2.24. The number of hydrogen-bond donors (Lipinski definition) is 2. The van der Waals surface area contributed by atoms with Gasteiger partial charge in [0.05, 0.1) is 17.0 Å². The summed E-state index contributed by atoms with van der Waals surface area (Å²) in [5, 5.41) is 6.11. The largest absolute Gasteiger partial charge is 0.346 e. The number of sulfone groups is 1. The van der Waals surface area contributed by atoms with E-state index >= 15 is 0 Å². The summed E-state index contributed by atoms with van der Waals surface area (Å²) in [7, 11) is -3.02. The van der Waals surface area contributed by atoms with Crippen LogP contribution in [-0.4, -0.2) is 31.4 Å². The Morgan fingerprint density at radius 1 is 1.30 bits per heavy atom. The first kappa shape index (κ1) is 13.6. The smallest absolute Gasteiger partial charge is 0.251 e. The van der Waals surface area contributed by atoms with Gasteiger partial charge in [-0.2, -0.15) is 0 Å². The molecule has 1 fully saturated rings. The molecule has 1 aromatic carbocycles. The van der Waals surface area contributed by atoms with Gasteiger partial charge in [-0.1, -0.05) is 6.07 Å². The lowest BCUT2D eigenvalue weighted by atomic mass is 10.0. The van der Waals surface area contributed by atoms with Gasteiger partial charge in [0.15, 0.2) is 9.84 Å². The van der Waals surface area contributed by atoms with Gasteiger partial charge >= 0.3 is 0 Å². The number of rotatable bonds is 2. The molecule has 20 heavy (non-hydrogen) atoms. The van der Waals surface area contributed by atoms with Crippen molar-refractivity contribution in [2.24, 2.45) is 0 Å². The van der Waals surface area contributed by atoms with Crippen LogP contribution in [0.5, 0.6) is 0 Å². The molecule has 1 saturated heterocycles. The average Bonchev–Trinajstić information content (AvgIpc) is 2.92. The summed E-state index contributed by atoms with van der Waals surface area (Å²) in [5.74, 6) is -0.0184. The van der Waals surface area contributed by atoms with Crippen LogP contribution in [0.1, 0.15) is 34.8 Å². The molecule has 0 aromatic heterocycles. The van der Waals surface area contributed by atoms with E-state index < -0.39 is 15.4 Å². The number of amides is 1.